The molecule has 1 aromatic heterocycles. The summed E-state index contributed by atoms with van der Waals surface area (Å²) in [5.41, 5.74) is 0.454. The lowest BCUT2D eigenvalue weighted by atomic mass is 9.77. The van der Waals surface area contributed by atoms with Gasteiger partial charge in [-0.1, -0.05) is 13.0 Å². The third kappa shape index (κ3) is 3.35. The smallest absolute Gasteiger partial charge is 0.232 e. The standard InChI is InChI=1S/C18H22F2N2O2/c1-2-18(12-23)6-8-22(9-7-18)10-13-11-24-17(21-13)16-14(19)4-3-5-15(16)20/h3-5,11,23H,2,6-10,12H2,1H3. The van der Waals surface area contributed by atoms with E-state index in [-0.39, 0.29) is 23.5 Å². The van der Waals surface area contributed by atoms with Crippen LogP contribution >= 0.6 is 0 Å². The van der Waals surface area contributed by atoms with E-state index in [1.807, 2.05) is 0 Å². The molecular formula is C18H22F2N2O2. The third-order valence-corrected chi connectivity index (χ3v) is 5.12. The highest BCUT2D eigenvalue weighted by Crippen LogP contribution is 2.34. The number of nitrogens with zero attached hydrogens (tertiary/aromatic N) is 2. The molecule has 0 atom stereocenters. The lowest BCUT2D eigenvalue weighted by Gasteiger charge is -2.39. The van der Waals surface area contributed by atoms with Crippen molar-refractivity contribution in [2.45, 2.75) is 32.7 Å². The minimum absolute atomic E-state index is 0.0295. The van der Waals surface area contributed by atoms with E-state index in [0.29, 0.717) is 12.2 Å². The van der Waals surface area contributed by atoms with Crippen LogP contribution in [0.1, 0.15) is 31.9 Å². The van der Waals surface area contributed by atoms with Crippen LogP contribution in [0.25, 0.3) is 11.5 Å². The Morgan fingerprint density at radius 1 is 1.25 bits per heavy atom. The molecule has 1 fully saturated rings. The lowest BCUT2D eigenvalue weighted by molar-refractivity contribution is 0.0378. The van der Waals surface area contributed by atoms with Gasteiger partial charge in [0.1, 0.15) is 23.5 Å². The third-order valence-electron chi connectivity index (χ3n) is 5.12. The van der Waals surface area contributed by atoms with E-state index in [4.69, 9.17) is 4.42 Å². The topological polar surface area (TPSA) is 49.5 Å². The van der Waals surface area contributed by atoms with Crippen molar-refractivity contribution in [2.75, 3.05) is 19.7 Å². The monoisotopic (exact) mass is 336 g/mol. The summed E-state index contributed by atoms with van der Waals surface area (Å²) in [5.74, 6) is -1.40. The summed E-state index contributed by atoms with van der Waals surface area (Å²) in [6.45, 7) is 4.64. The van der Waals surface area contributed by atoms with E-state index in [1.54, 1.807) is 0 Å². The van der Waals surface area contributed by atoms with Crippen molar-refractivity contribution in [3.63, 3.8) is 0 Å². The first kappa shape index (κ1) is 17.0. The molecule has 130 valence electrons. The maximum Gasteiger partial charge on any atom is 0.232 e. The van der Waals surface area contributed by atoms with Crippen LogP contribution in [0.3, 0.4) is 0 Å². The zero-order chi connectivity index (χ0) is 17.2. The van der Waals surface area contributed by atoms with Crippen LogP contribution in [0.4, 0.5) is 8.78 Å². The van der Waals surface area contributed by atoms with Crippen LogP contribution in [0, 0.1) is 17.0 Å². The molecule has 6 heteroatoms. The minimum Gasteiger partial charge on any atom is -0.444 e. The fourth-order valence-electron chi connectivity index (χ4n) is 3.23. The number of rotatable bonds is 5. The lowest BCUT2D eigenvalue weighted by Crippen LogP contribution is -2.41. The second-order valence-corrected chi connectivity index (χ2v) is 6.53. The molecule has 0 unspecified atom stereocenters. The summed E-state index contributed by atoms with van der Waals surface area (Å²) in [4.78, 5) is 6.46. The minimum atomic E-state index is -0.683. The quantitative estimate of drug-likeness (QED) is 0.906. The molecule has 0 spiro atoms. The van der Waals surface area contributed by atoms with Crippen molar-refractivity contribution in [1.29, 1.82) is 0 Å². The first-order chi connectivity index (χ1) is 11.6. The highest BCUT2D eigenvalue weighted by atomic mass is 19.1. The van der Waals surface area contributed by atoms with E-state index >= 15 is 0 Å². The Labute approximate surface area is 140 Å². The molecule has 1 saturated heterocycles. The Hall–Kier alpha value is -1.79. The Bertz CT molecular complexity index is 668. The van der Waals surface area contributed by atoms with Gasteiger partial charge in [-0.15, -0.1) is 0 Å². The van der Waals surface area contributed by atoms with Crippen molar-refractivity contribution in [2.24, 2.45) is 5.41 Å². The number of halogens is 2. The van der Waals surface area contributed by atoms with Gasteiger partial charge in [0, 0.05) is 13.2 Å². The predicted molar refractivity (Wildman–Crippen MR) is 86.2 cm³/mol. The molecule has 3 rings (SSSR count). The van der Waals surface area contributed by atoms with Crippen molar-refractivity contribution < 1.29 is 18.3 Å². The number of aliphatic hydroxyl groups is 1. The zero-order valence-corrected chi connectivity index (χ0v) is 13.8. The Morgan fingerprint density at radius 2 is 1.92 bits per heavy atom. The van der Waals surface area contributed by atoms with Crippen LogP contribution in [-0.4, -0.2) is 34.7 Å². The van der Waals surface area contributed by atoms with E-state index in [0.717, 1.165) is 32.4 Å². The maximum absolute atomic E-state index is 13.8. The summed E-state index contributed by atoms with van der Waals surface area (Å²) in [5, 5.41) is 9.58. The van der Waals surface area contributed by atoms with E-state index < -0.39 is 11.6 Å². The number of oxazole rings is 1. The van der Waals surface area contributed by atoms with Crippen molar-refractivity contribution >= 4 is 0 Å². The molecule has 0 saturated carbocycles. The molecule has 0 amide bonds. The number of benzene rings is 1. The highest BCUT2D eigenvalue weighted by Gasteiger charge is 2.32. The van der Waals surface area contributed by atoms with Crippen LogP contribution in [0.2, 0.25) is 0 Å². The van der Waals surface area contributed by atoms with Crippen LogP contribution in [0.5, 0.6) is 0 Å². The second kappa shape index (κ2) is 6.99. The summed E-state index contributed by atoms with van der Waals surface area (Å²) >= 11 is 0. The Morgan fingerprint density at radius 3 is 2.50 bits per heavy atom. The van der Waals surface area contributed by atoms with Gasteiger partial charge in [0.15, 0.2) is 0 Å². The van der Waals surface area contributed by atoms with Gasteiger partial charge in [-0.3, -0.25) is 4.90 Å². The largest absolute Gasteiger partial charge is 0.444 e. The average molecular weight is 336 g/mol. The maximum atomic E-state index is 13.8. The zero-order valence-electron chi connectivity index (χ0n) is 13.8. The Kier molecular flexibility index (Phi) is 4.96. The highest BCUT2D eigenvalue weighted by molar-refractivity contribution is 5.55. The van der Waals surface area contributed by atoms with Gasteiger partial charge in [0.05, 0.1) is 5.69 Å². The van der Waals surface area contributed by atoms with Crippen LogP contribution in [-0.2, 0) is 6.54 Å². The summed E-state index contributed by atoms with van der Waals surface area (Å²) in [7, 11) is 0. The van der Waals surface area contributed by atoms with Gasteiger partial charge < -0.3 is 9.52 Å². The van der Waals surface area contributed by atoms with Crippen LogP contribution < -0.4 is 0 Å². The summed E-state index contributed by atoms with van der Waals surface area (Å²) in [6.07, 6.45) is 4.30. The molecule has 0 bridgehead atoms. The second-order valence-electron chi connectivity index (χ2n) is 6.53. The van der Waals surface area contributed by atoms with Crippen molar-refractivity contribution in [3.8, 4) is 11.5 Å². The number of hydrogen-bond acceptors (Lipinski definition) is 4. The molecule has 1 N–H and O–H groups in total. The summed E-state index contributed by atoms with van der Waals surface area (Å²) in [6, 6.07) is 3.69. The van der Waals surface area contributed by atoms with Crippen molar-refractivity contribution in [1.82, 2.24) is 9.88 Å². The molecule has 2 heterocycles. The average Bonchev–Trinajstić information content (AvgIpc) is 3.04. The first-order valence-electron chi connectivity index (χ1n) is 8.29. The fraction of sp³-hybridized carbons (Fsp3) is 0.500. The predicted octanol–water partition coefficient (Wildman–Crippen LogP) is 3.60. The van der Waals surface area contributed by atoms with E-state index in [1.165, 1.54) is 24.5 Å². The number of aromatic nitrogens is 1. The Balaban J connectivity index is 1.67. The van der Waals surface area contributed by atoms with Gasteiger partial charge in [0.2, 0.25) is 5.89 Å². The van der Waals surface area contributed by atoms with E-state index in [9.17, 15) is 13.9 Å². The number of likely N-dealkylation sites (tertiary alicyclic amines) is 1. The molecule has 2 aromatic rings. The molecule has 1 aliphatic rings. The molecule has 4 nitrogen and oxygen atoms in total. The summed E-state index contributed by atoms with van der Waals surface area (Å²) < 4.78 is 32.9. The molecule has 0 aliphatic carbocycles. The molecule has 1 aromatic carbocycles. The first-order valence-corrected chi connectivity index (χ1v) is 8.29. The number of piperidine rings is 1. The van der Waals surface area contributed by atoms with Gasteiger partial charge in [-0.25, -0.2) is 13.8 Å². The van der Waals surface area contributed by atoms with Crippen molar-refractivity contribution in [3.05, 3.63) is 41.8 Å². The van der Waals surface area contributed by atoms with Crippen LogP contribution in [0.15, 0.2) is 28.9 Å². The molecule has 0 radical (unpaired) electrons. The molecule has 1 aliphatic heterocycles. The molecule has 24 heavy (non-hydrogen) atoms. The van der Waals surface area contributed by atoms with Gasteiger partial charge in [-0.2, -0.15) is 0 Å². The van der Waals surface area contributed by atoms with Gasteiger partial charge in [0.25, 0.3) is 0 Å². The number of hydrogen-bond donors (Lipinski definition) is 1. The SMILES string of the molecule is CCC1(CO)CCN(Cc2coc(-c3c(F)cccc3F)n2)CC1. The molecular weight excluding hydrogens is 314 g/mol. The van der Waals surface area contributed by atoms with E-state index in [2.05, 4.69) is 16.8 Å². The fourth-order valence-corrected chi connectivity index (χ4v) is 3.23. The normalized spacial score (nSPS) is 18.0. The van der Waals surface area contributed by atoms with Gasteiger partial charge >= 0.3 is 0 Å². The number of aliphatic hydroxyl groups excluding tert-OH is 1. The van der Waals surface area contributed by atoms with Gasteiger partial charge in [-0.05, 0) is 49.9 Å².